The molecule has 0 radical (unpaired) electrons. The van der Waals surface area contributed by atoms with E-state index >= 15 is 0 Å². The molecular weight excluding hydrogens is 378 g/mol. The van der Waals surface area contributed by atoms with Gasteiger partial charge in [-0.2, -0.15) is 0 Å². The Labute approximate surface area is 182 Å². The van der Waals surface area contributed by atoms with E-state index in [1.807, 2.05) is 23.1 Å². The average Bonchev–Trinajstić information content (AvgIpc) is 2.75. The van der Waals surface area contributed by atoms with Crippen molar-refractivity contribution in [3.8, 4) is 5.75 Å². The van der Waals surface area contributed by atoms with Gasteiger partial charge in [0.05, 0.1) is 7.11 Å². The number of benzene rings is 1. The molecule has 6 nitrogen and oxygen atoms in total. The van der Waals surface area contributed by atoms with Crippen LogP contribution in [-0.4, -0.2) is 60.9 Å². The molecule has 0 bridgehead atoms. The third-order valence-corrected chi connectivity index (χ3v) is 5.67. The van der Waals surface area contributed by atoms with Crippen LogP contribution in [0.3, 0.4) is 0 Å². The predicted molar refractivity (Wildman–Crippen MR) is 120 cm³/mol. The van der Waals surface area contributed by atoms with Crippen LogP contribution in [-0.2, 0) is 16.1 Å². The van der Waals surface area contributed by atoms with E-state index in [0.29, 0.717) is 19.3 Å². The smallest absolute Gasteiger partial charge is 0.222 e. The van der Waals surface area contributed by atoms with Crippen LogP contribution in [0.15, 0.2) is 24.3 Å². The van der Waals surface area contributed by atoms with Gasteiger partial charge in [-0.1, -0.05) is 32.0 Å². The summed E-state index contributed by atoms with van der Waals surface area (Å²) in [5, 5.41) is 3.16. The number of methoxy groups -OCH3 is 1. The molecule has 0 aromatic heterocycles. The second-order valence-corrected chi connectivity index (χ2v) is 8.16. The Morgan fingerprint density at radius 3 is 2.40 bits per heavy atom. The van der Waals surface area contributed by atoms with Crippen molar-refractivity contribution in [1.29, 1.82) is 0 Å². The molecule has 1 N–H and O–H groups in total. The number of carbonyl (C=O) groups is 2. The minimum atomic E-state index is 0.0727. The largest absolute Gasteiger partial charge is 0.496 e. The van der Waals surface area contributed by atoms with Crippen molar-refractivity contribution in [2.24, 2.45) is 0 Å². The highest BCUT2D eigenvalue weighted by atomic mass is 16.5. The van der Waals surface area contributed by atoms with Crippen molar-refractivity contribution in [2.45, 2.75) is 71.4 Å². The van der Waals surface area contributed by atoms with Crippen LogP contribution in [0.25, 0.3) is 0 Å². The first-order valence-electron chi connectivity index (χ1n) is 11.5. The van der Waals surface area contributed by atoms with E-state index in [9.17, 15) is 9.59 Å². The Bertz CT molecular complexity index is 651. The van der Waals surface area contributed by atoms with Gasteiger partial charge in [0.15, 0.2) is 0 Å². The van der Waals surface area contributed by atoms with E-state index in [0.717, 1.165) is 64.2 Å². The maximum atomic E-state index is 12.3. The Morgan fingerprint density at radius 2 is 1.77 bits per heavy atom. The second kappa shape index (κ2) is 13.3. The maximum Gasteiger partial charge on any atom is 0.222 e. The fourth-order valence-corrected chi connectivity index (χ4v) is 4.07. The summed E-state index contributed by atoms with van der Waals surface area (Å²) in [5.41, 5.74) is 1.20. The van der Waals surface area contributed by atoms with Gasteiger partial charge in [-0.3, -0.25) is 14.5 Å². The van der Waals surface area contributed by atoms with E-state index < -0.39 is 0 Å². The number of hydrogen-bond acceptors (Lipinski definition) is 4. The second-order valence-electron chi connectivity index (χ2n) is 8.16. The van der Waals surface area contributed by atoms with Gasteiger partial charge in [-0.05, 0) is 38.2 Å². The molecule has 1 saturated heterocycles. The van der Waals surface area contributed by atoms with Crippen LogP contribution in [0.5, 0.6) is 5.75 Å². The lowest BCUT2D eigenvalue weighted by Gasteiger charge is -2.32. The van der Waals surface area contributed by atoms with Gasteiger partial charge in [0.2, 0.25) is 11.8 Å². The summed E-state index contributed by atoms with van der Waals surface area (Å²) in [6.07, 6.45) is 5.39. The van der Waals surface area contributed by atoms with Gasteiger partial charge < -0.3 is 15.0 Å². The number of nitrogens with one attached hydrogen (secondary N) is 1. The first-order valence-corrected chi connectivity index (χ1v) is 11.5. The number of likely N-dealkylation sites (tertiary alicyclic amines) is 1. The van der Waals surface area contributed by atoms with E-state index in [1.165, 1.54) is 5.56 Å². The van der Waals surface area contributed by atoms with Crippen molar-refractivity contribution in [3.63, 3.8) is 0 Å². The number of amides is 2. The molecule has 168 valence electrons. The zero-order valence-corrected chi connectivity index (χ0v) is 19.0. The van der Waals surface area contributed by atoms with Crippen LogP contribution >= 0.6 is 0 Å². The molecule has 1 aromatic rings. The number of nitrogens with zero attached hydrogens (tertiary/aromatic N) is 2. The first kappa shape index (κ1) is 24.2. The number of para-hydroxylation sites is 1. The van der Waals surface area contributed by atoms with Gasteiger partial charge in [-0.15, -0.1) is 0 Å². The Morgan fingerprint density at radius 1 is 1.10 bits per heavy atom. The summed E-state index contributed by atoms with van der Waals surface area (Å²) < 4.78 is 5.45. The molecule has 1 aromatic carbocycles. The number of ether oxygens (including phenoxy) is 1. The molecule has 6 heteroatoms. The molecule has 30 heavy (non-hydrogen) atoms. The first-order chi connectivity index (χ1) is 14.6. The predicted octanol–water partition coefficient (Wildman–Crippen LogP) is 3.59. The third kappa shape index (κ3) is 7.98. The normalized spacial score (nSPS) is 15.0. The molecule has 0 spiro atoms. The fraction of sp³-hybridized carbons (Fsp3) is 0.667. The van der Waals surface area contributed by atoms with Gasteiger partial charge in [-0.25, -0.2) is 0 Å². The zero-order chi connectivity index (χ0) is 21.8. The Balaban J connectivity index is 1.66. The number of rotatable bonds is 12. The standard InChI is InChI=1S/C24H39N3O3/c1-4-15-27(16-5-2)24(29)12-8-11-23(28)25-21-13-17-26(18-14-21)19-20-9-6-7-10-22(20)30-3/h6-7,9-10,21H,4-5,8,11-19H2,1-3H3,(H,25,28). The van der Waals surface area contributed by atoms with Crippen molar-refractivity contribution in [2.75, 3.05) is 33.3 Å². The maximum absolute atomic E-state index is 12.3. The van der Waals surface area contributed by atoms with Gasteiger partial charge >= 0.3 is 0 Å². The Hall–Kier alpha value is -2.08. The lowest BCUT2D eigenvalue weighted by Crippen LogP contribution is -2.44. The zero-order valence-electron chi connectivity index (χ0n) is 19.0. The quantitative estimate of drug-likeness (QED) is 0.565. The number of hydrogen-bond donors (Lipinski definition) is 1. The Kier molecular flexibility index (Phi) is 10.7. The molecular formula is C24H39N3O3. The van der Waals surface area contributed by atoms with Gasteiger partial charge in [0.25, 0.3) is 0 Å². The summed E-state index contributed by atoms with van der Waals surface area (Å²) in [6, 6.07) is 8.37. The monoisotopic (exact) mass is 417 g/mol. The lowest BCUT2D eigenvalue weighted by atomic mass is 10.0. The van der Waals surface area contributed by atoms with Crippen molar-refractivity contribution in [1.82, 2.24) is 15.1 Å². The van der Waals surface area contributed by atoms with Crippen molar-refractivity contribution in [3.05, 3.63) is 29.8 Å². The summed E-state index contributed by atoms with van der Waals surface area (Å²) in [6.45, 7) is 8.60. The minimum Gasteiger partial charge on any atom is -0.496 e. The molecule has 0 unspecified atom stereocenters. The topological polar surface area (TPSA) is 61.9 Å². The SMILES string of the molecule is CCCN(CCC)C(=O)CCCC(=O)NC1CCN(Cc2ccccc2OC)CC1. The van der Waals surface area contributed by atoms with Crippen LogP contribution in [0.4, 0.5) is 0 Å². The van der Waals surface area contributed by atoms with Gasteiger partial charge in [0.1, 0.15) is 5.75 Å². The fourth-order valence-electron chi connectivity index (χ4n) is 4.07. The molecule has 0 aliphatic carbocycles. The van der Waals surface area contributed by atoms with Crippen LogP contribution in [0.1, 0.15) is 64.4 Å². The highest BCUT2D eigenvalue weighted by molar-refractivity contribution is 5.79. The van der Waals surface area contributed by atoms with E-state index in [-0.39, 0.29) is 17.9 Å². The summed E-state index contributed by atoms with van der Waals surface area (Å²) in [4.78, 5) is 28.9. The van der Waals surface area contributed by atoms with Crippen LogP contribution in [0, 0.1) is 0 Å². The summed E-state index contributed by atoms with van der Waals surface area (Å²) >= 11 is 0. The average molecular weight is 418 g/mol. The molecule has 1 aliphatic rings. The molecule has 2 amide bonds. The van der Waals surface area contributed by atoms with E-state index in [4.69, 9.17) is 4.74 Å². The number of piperidine rings is 1. The van der Waals surface area contributed by atoms with Crippen LogP contribution in [0.2, 0.25) is 0 Å². The molecule has 0 saturated carbocycles. The summed E-state index contributed by atoms with van der Waals surface area (Å²) in [7, 11) is 1.71. The summed E-state index contributed by atoms with van der Waals surface area (Å²) in [5.74, 6) is 1.18. The van der Waals surface area contributed by atoms with Gasteiger partial charge in [0, 0.05) is 57.2 Å². The highest BCUT2D eigenvalue weighted by Crippen LogP contribution is 2.21. The van der Waals surface area contributed by atoms with Crippen molar-refractivity contribution < 1.29 is 14.3 Å². The lowest BCUT2D eigenvalue weighted by molar-refractivity contribution is -0.131. The van der Waals surface area contributed by atoms with Crippen molar-refractivity contribution >= 4 is 11.8 Å². The third-order valence-electron chi connectivity index (χ3n) is 5.67. The number of carbonyl (C=O) groups excluding carboxylic acids is 2. The molecule has 2 rings (SSSR count). The molecule has 0 atom stereocenters. The molecule has 1 aliphatic heterocycles. The van der Waals surface area contributed by atoms with E-state index in [1.54, 1.807) is 7.11 Å². The molecule has 1 fully saturated rings. The van der Waals surface area contributed by atoms with E-state index in [2.05, 4.69) is 30.1 Å². The minimum absolute atomic E-state index is 0.0727. The highest BCUT2D eigenvalue weighted by Gasteiger charge is 2.21. The molecule has 1 heterocycles. The van der Waals surface area contributed by atoms with Crippen LogP contribution < -0.4 is 10.1 Å².